The summed E-state index contributed by atoms with van der Waals surface area (Å²) in [4.78, 5) is 26.8. The molecule has 0 unspecified atom stereocenters. The Morgan fingerprint density at radius 2 is 1.57 bits per heavy atom. The third-order valence-electron chi connectivity index (χ3n) is 13.6. The highest BCUT2D eigenvalue weighted by Crippen LogP contribution is 2.78. The summed E-state index contributed by atoms with van der Waals surface area (Å²) in [5.41, 5.74) is -9.50. The molecule has 236 valence electrons. The van der Waals surface area contributed by atoms with Crippen LogP contribution in [0, 0.1) is 29.1 Å². The van der Waals surface area contributed by atoms with Crippen molar-refractivity contribution in [2.75, 3.05) is 13.1 Å². The lowest BCUT2D eigenvalue weighted by atomic mass is 9.49. The topological polar surface area (TPSA) is 166 Å². The molecule has 1 spiro atoms. The Kier molecular flexibility index (Phi) is 5.92. The molecule has 11 heteroatoms. The van der Waals surface area contributed by atoms with Crippen molar-refractivity contribution in [1.29, 1.82) is 0 Å². The maximum Gasteiger partial charge on any atom is 0.305 e. The van der Waals surface area contributed by atoms with Gasteiger partial charge < -0.3 is 39.7 Å². The zero-order valence-electron chi connectivity index (χ0n) is 25.3. The first-order chi connectivity index (χ1) is 19.4. The molecule has 0 radical (unpaired) electrons. The van der Waals surface area contributed by atoms with Crippen LogP contribution < -0.4 is 0 Å². The molecule has 42 heavy (non-hydrogen) atoms. The molecule has 5 N–H and O–H groups in total. The SMILES string of the molecule is CC(=O)O[C@@H]1CC[C@@]2(C)[C@@H]3CC[C@H]4[C@]5(O)C[C@H](O)[C@@]6(O)[C@@H](CN7C[C@@H](C)CC[C@H]7[C@@]6(C)O)[C@]5(O)C[C@@]42O[C@@]31OC(C)=O. The average Bonchev–Trinajstić information content (AvgIpc) is 3.05. The maximum absolute atomic E-state index is 13.0. The second kappa shape index (κ2) is 8.47. The van der Waals surface area contributed by atoms with Gasteiger partial charge in [0.2, 0.25) is 0 Å². The van der Waals surface area contributed by atoms with E-state index in [4.69, 9.17) is 14.2 Å². The van der Waals surface area contributed by atoms with Gasteiger partial charge in [0.25, 0.3) is 5.79 Å². The van der Waals surface area contributed by atoms with Gasteiger partial charge in [-0.2, -0.15) is 0 Å². The Morgan fingerprint density at radius 3 is 2.24 bits per heavy atom. The number of nitrogens with zero attached hydrogens (tertiary/aromatic N) is 1. The van der Waals surface area contributed by atoms with Crippen LogP contribution in [0.4, 0.5) is 0 Å². The minimum atomic E-state index is -2.08. The van der Waals surface area contributed by atoms with Gasteiger partial charge in [-0.05, 0) is 51.4 Å². The second-order valence-corrected chi connectivity index (χ2v) is 15.5. The van der Waals surface area contributed by atoms with E-state index in [9.17, 15) is 35.1 Å². The van der Waals surface area contributed by atoms with Gasteiger partial charge in [-0.25, -0.2) is 0 Å². The molecular weight excluding hydrogens is 546 g/mol. The van der Waals surface area contributed by atoms with Gasteiger partial charge in [-0.15, -0.1) is 0 Å². The van der Waals surface area contributed by atoms with Crippen molar-refractivity contribution in [2.45, 2.75) is 138 Å². The van der Waals surface area contributed by atoms with Crippen LogP contribution in [0.25, 0.3) is 0 Å². The lowest BCUT2D eigenvalue weighted by Crippen LogP contribution is -2.85. The number of fused-ring (bicyclic) bond motifs is 5. The molecule has 4 saturated carbocycles. The van der Waals surface area contributed by atoms with E-state index < -0.39 is 81.2 Å². The monoisotopic (exact) mass is 593 g/mol. The minimum absolute atomic E-state index is 0.0756. The van der Waals surface area contributed by atoms with Crippen molar-refractivity contribution in [3.63, 3.8) is 0 Å². The standard InChI is InChI=1S/C31H47NO10/c1-16-6-9-22-26(5,36)30(39)21(14-32(22)13-16)28(38)15-29-20(27(28,37)12-23(30)35)8-7-19-25(29,4)11-10-24(40-17(2)33)31(19,42-29)41-18(3)34/h16,19-24,35-39H,6-15H2,1-5H3/t16-,19-,20-,21-,22-,23-,24+,25-,26+,27+,28+,29+,30-,31-/m0/s1. The summed E-state index contributed by atoms with van der Waals surface area (Å²) in [5, 5.41) is 61.9. The molecule has 4 aliphatic carbocycles. The van der Waals surface area contributed by atoms with Crippen molar-refractivity contribution in [3.8, 4) is 0 Å². The fraction of sp³-hybridized carbons (Fsp3) is 0.935. The molecule has 7 aliphatic rings. The van der Waals surface area contributed by atoms with E-state index in [-0.39, 0.29) is 25.3 Å². The molecule has 0 aromatic rings. The summed E-state index contributed by atoms with van der Waals surface area (Å²) in [6.45, 7) is 9.20. The number of hydrogen-bond donors (Lipinski definition) is 5. The van der Waals surface area contributed by atoms with Gasteiger partial charge in [0.15, 0.2) is 6.10 Å². The smallest absolute Gasteiger partial charge is 0.305 e. The lowest BCUT2D eigenvalue weighted by molar-refractivity contribution is -0.354. The molecule has 0 aromatic carbocycles. The highest BCUT2D eigenvalue weighted by molar-refractivity contribution is 5.68. The quantitative estimate of drug-likeness (QED) is 0.285. The predicted octanol–water partition coefficient (Wildman–Crippen LogP) is 0.616. The van der Waals surface area contributed by atoms with Crippen LogP contribution >= 0.6 is 0 Å². The van der Waals surface area contributed by atoms with Crippen LogP contribution in [0.15, 0.2) is 0 Å². The van der Waals surface area contributed by atoms with Crippen molar-refractivity contribution in [2.24, 2.45) is 29.1 Å². The van der Waals surface area contributed by atoms with Gasteiger partial charge in [0, 0.05) is 69.0 Å². The number of aliphatic hydroxyl groups excluding tert-OH is 1. The van der Waals surface area contributed by atoms with E-state index in [1.165, 1.54) is 13.8 Å². The molecular formula is C31H47NO10. The Morgan fingerprint density at radius 1 is 0.881 bits per heavy atom. The normalized spacial score (nSPS) is 59.6. The van der Waals surface area contributed by atoms with Crippen molar-refractivity contribution < 1.29 is 49.3 Å². The molecule has 7 fully saturated rings. The number of carbonyl (C=O) groups excluding carboxylic acids is 2. The summed E-state index contributed by atoms with van der Waals surface area (Å²) >= 11 is 0. The molecule has 7 rings (SSSR count). The zero-order chi connectivity index (χ0) is 30.5. The molecule has 0 aromatic heterocycles. The number of aliphatic hydroxyl groups is 5. The van der Waals surface area contributed by atoms with E-state index in [1.807, 2.05) is 6.92 Å². The first-order valence-electron chi connectivity index (χ1n) is 15.8. The van der Waals surface area contributed by atoms with E-state index in [0.717, 1.165) is 6.42 Å². The van der Waals surface area contributed by atoms with Gasteiger partial charge in [-0.1, -0.05) is 13.8 Å². The van der Waals surface area contributed by atoms with Crippen LogP contribution in [0.3, 0.4) is 0 Å². The third kappa shape index (κ3) is 3.07. The summed E-state index contributed by atoms with van der Waals surface area (Å²) in [6, 6.07) is -0.401. The van der Waals surface area contributed by atoms with E-state index in [0.29, 0.717) is 44.6 Å². The lowest BCUT2D eigenvalue weighted by Gasteiger charge is -2.68. The Bertz CT molecular complexity index is 1210. The van der Waals surface area contributed by atoms with Crippen LogP contribution in [0.2, 0.25) is 0 Å². The molecule has 3 saturated heterocycles. The molecule has 4 bridgehead atoms. The van der Waals surface area contributed by atoms with E-state index >= 15 is 0 Å². The molecule has 0 amide bonds. The Balaban J connectivity index is 1.38. The summed E-state index contributed by atoms with van der Waals surface area (Å²) in [6.07, 6.45) is 0.601. The zero-order valence-corrected chi connectivity index (χ0v) is 25.3. The van der Waals surface area contributed by atoms with Crippen LogP contribution in [0.5, 0.6) is 0 Å². The highest BCUT2D eigenvalue weighted by atomic mass is 16.8. The number of hydrogen-bond acceptors (Lipinski definition) is 11. The number of rotatable bonds is 2. The highest BCUT2D eigenvalue weighted by Gasteiger charge is 2.89. The van der Waals surface area contributed by atoms with Crippen LogP contribution in [-0.2, 0) is 23.8 Å². The van der Waals surface area contributed by atoms with Crippen LogP contribution in [-0.4, -0.2) is 108 Å². The average molecular weight is 594 g/mol. The summed E-state index contributed by atoms with van der Waals surface area (Å²) in [5.74, 6) is -4.44. The van der Waals surface area contributed by atoms with Crippen LogP contribution in [0.1, 0.15) is 86.0 Å². The number of ether oxygens (including phenoxy) is 3. The first-order valence-corrected chi connectivity index (χ1v) is 15.8. The largest absolute Gasteiger partial charge is 0.456 e. The Labute approximate surface area is 246 Å². The Hall–Kier alpha value is -1.34. The number of piperidine rings is 2. The van der Waals surface area contributed by atoms with Gasteiger partial charge >= 0.3 is 11.9 Å². The molecule has 14 atom stereocenters. The second-order valence-electron chi connectivity index (χ2n) is 15.5. The summed E-state index contributed by atoms with van der Waals surface area (Å²) in [7, 11) is 0. The molecule has 3 aliphatic heterocycles. The number of carbonyl (C=O) groups is 2. The van der Waals surface area contributed by atoms with Crippen molar-refractivity contribution in [1.82, 2.24) is 4.90 Å². The van der Waals surface area contributed by atoms with E-state index in [1.54, 1.807) is 6.92 Å². The molecule has 3 heterocycles. The van der Waals surface area contributed by atoms with Gasteiger partial charge in [-0.3, -0.25) is 14.5 Å². The van der Waals surface area contributed by atoms with Crippen molar-refractivity contribution >= 4 is 11.9 Å². The van der Waals surface area contributed by atoms with Gasteiger partial charge in [0.1, 0.15) is 22.4 Å². The fourth-order valence-corrected chi connectivity index (χ4v) is 12.0. The van der Waals surface area contributed by atoms with Gasteiger partial charge in [0.05, 0.1) is 11.7 Å². The third-order valence-corrected chi connectivity index (χ3v) is 13.6. The maximum atomic E-state index is 13.0. The predicted molar refractivity (Wildman–Crippen MR) is 145 cm³/mol. The summed E-state index contributed by atoms with van der Waals surface area (Å²) < 4.78 is 18.7. The van der Waals surface area contributed by atoms with E-state index in [2.05, 4.69) is 11.8 Å². The first kappa shape index (κ1) is 29.4. The van der Waals surface area contributed by atoms with Crippen molar-refractivity contribution in [3.05, 3.63) is 0 Å². The molecule has 11 nitrogen and oxygen atoms in total. The fourth-order valence-electron chi connectivity index (χ4n) is 12.0. The number of esters is 2. The minimum Gasteiger partial charge on any atom is -0.456 e.